The van der Waals surface area contributed by atoms with Crippen LogP contribution in [0.2, 0.25) is 0 Å². The minimum Gasteiger partial charge on any atom is -0.490 e. The van der Waals surface area contributed by atoms with Gasteiger partial charge in [0.2, 0.25) is 0 Å². The fraction of sp³-hybridized carbons (Fsp3) is 0.647. The summed E-state index contributed by atoms with van der Waals surface area (Å²) in [6.45, 7) is 10.1. The van der Waals surface area contributed by atoms with Crippen molar-refractivity contribution < 1.29 is 4.74 Å². The smallest absolute Gasteiger partial charge is 0.123 e. The quantitative estimate of drug-likeness (QED) is 0.844. The van der Waals surface area contributed by atoms with E-state index in [0.717, 1.165) is 25.1 Å². The Hall–Kier alpha value is -1.02. The summed E-state index contributed by atoms with van der Waals surface area (Å²) >= 11 is 0. The summed E-state index contributed by atoms with van der Waals surface area (Å²) in [6, 6.07) is 8.99. The maximum atomic E-state index is 6.07. The van der Waals surface area contributed by atoms with Crippen molar-refractivity contribution in [1.82, 2.24) is 5.32 Å². The number of nitrogens with one attached hydrogen (secondary N) is 1. The summed E-state index contributed by atoms with van der Waals surface area (Å²) in [6.07, 6.45) is 2.58. The molecule has 1 heterocycles. The minimum atomic E-state index is 0.360. The molecule has 0 radical (unpaired) electrons. The fourth-order valence-electron chi connectivity index (χ4n) is 2.70. The minimum absolute atomic E-state index is 0.360. The summed E-state index contributed by atoms with van der Waals surface area (Å²) in [5, 5.41) is 3.57. The van der Waals surface area contributed by atoms with Crippen LogP contribution in [-0.2, 0) is 6.42 Å². The Morgan fingerprint density at radius 1 is 1.21 bits per heavy atom. The summed E-state index contributed by atoms with van der Waals surface area (Å²) in [5.41, 5.74) is 1.37. The number of hydrogen-bond donors (Lipinski definition) is 1. The summed E-state index contributed by atoms with van der Waals surface area (Å²) < 4.78 is 6.07. The number of benzene rings is 1. The van der Waals surface area contributed by atoms with Crippen LogP contribution in [0.5, 0.6) is 5.75 Å². The van der Waals surface area contributed by atoms with Crippen LogP contribution < -0.4 is 10.1 Å². The molecule has 0 bridgehead atoms. The molecule has 1 aromatic carbocycles. The number of ether oxygens (including phenoxy) is 1. The van der Waals surface area contributed by atoms with E-state index in [1.165, 1.54) is 5.56 Å². The van der Waals surface area contributed by atoms with E-state index in [4.69, 9.17) is 4.74 Å². The van der Waals surface area contributed by atoms with E-state index in [0.29, 0.717) is 24.0 Å². The van der Waals surface area contributed by atoms with Crippen molar-refractivity contribution in [2.24, 2.45) is 11.8 Å². The lowest BCUT2D eigenvalue weighted by Crippen LogP contribution is -2.34. The van der Waals surface area contributed by atoms with Crippen LogP contribution in [0.25, 0.3) is 0 Å². The fourth-order valence-corrected chi connectivity index (χ4v) is 2.70. The van der Waals surface area contributed by atoms with Crippen LogP contribution >= 0.6 is 0 Å². The SMILES string of the molecule is CC(C)NCC(CC1Cc2ccccc2O1)C(C)C. The first-order chi connectivity index (χ1) is 9.06. The second kappa shape index (κ2) is 6.42. The highest BCUT2D eigenvalue weighted by molar-refractivity contribution is 5.37. The first-order valence-electron chi connectivity index (χ1n) is 7.54. The molecule has 1 N–H and O–H groups in total. The van der Waals surface area contributed by atoms with Gasteiger partial charge in [-0.3, -0.25) is 0 Å². The van der Waals surface area contributed by atoms with E-state index < -0.39 is 0 Å². The van der Waals surface area contributed by atoms with Crippen molar-refractivity contribution in [2.45, 2.75) is 52.7 Å². The maximum absolute atomic E-state index is 6.07. The van der Waals surface area contributed by atoms with E-state index in [9.17, 15) is 0 Å². The number of rotatable bonds is 6. The normalized spacial score (nSPS) is 19.6. The summed E-state index contributed by atoms with van der Waals surface area (Å²) in [5.74, 6) is 2.46. The molecule has 0 saturated heterocycles. The monoisotopic (exact) mass is 261 g/mol. The largest absolute Gasteiger partial charge is 0.490 e. The Kier molecular flexibility index (Phi) is 4.87. The molecule has 2 nitrogen and oxygen atoms in total. The molecule has 2 rings (SSSR count). The van der Waals surface area contributed by atoms with Crippen LogP contribution in [0.1, 0.15) is 39.7 Å². The Morgan fingerprint density at radius 2 is 1.95 bits per heavy atom. The second-order valence-corrected chi connectivity index (χ2v) is 6.35. The standard InChI is InChI=1S/C17H27NO/c1-12(2)15(11-18-13(3)4)10-16-9-14-7-5-6-8-17(14)19-16/h5-8,12-13,15-16,18H,9-11H2,1-4H3. The van der Waals surface area contributed by atoms with Crippen molar-refractivity contribution in [1.29, 1.82) is 0 Å². The average Bonchev–Trinajstić information content (AvgIpc) is 2.76. The molecule has 106 valence electrons. The summed E-state index contributed by atoms with van der Waals surface area (Å²) in [7, 11) is 0. The molecule has 0 amide bonds. The van der Waals surface area contributed by atoms with Crippen LogP contribution in [0.3, 0.4) is 0 Å². The zero-order valence-corrected chi connectivity index (χ0v) is 12.6. The van der Waals surface area contributed by atoms with Gasteiger partial charge in [-0.25, -0.2) is 0 Å². The Morgan fingerprint density at radius 3 is 2.58 bits per heavy atom. The van der Waals surface area contributed by atoms with Crippen LogP contribution in [0.15, 0.2) is 24.3 Å². The molecular formula is C17H27NO. The Balaban J connectivity index is 1.89. The van der Waals surface area contributed by atoms with Gasteiger partial charge in [-0.05, 0) is 36.4 Å². The van der Waals surface area contributed by atoms with Crippen molar-refractivity contribution in [3.63, 3.8) is 0 Å². The molecule has 2 atom stereocenters. The van der Waals surface area contributed by atoms with Gasteiger partial charge in [-0.2, -0.15) is 0 Å². The highest BCUT2D eigenvalue weighted by atomic mass is 16.5. The second-order valence-electron chi connectivity index (χ2n) is 6.35. The van der Waals surface area contributed by atoms with Gasteiger partial charge in [0.05, 0.1) is 0 Å². The Bertz CT molecular complexity index is 375. The third-order valence-corrected chi connectivity index (χ3v) is 4.01. The van der Waals surface area contributed by atoms with Crippen molar-refractivity contribution in [3.8, 4) is 5.75 Å². The van der Waals surface area contributed by atoms with Crippen LogP contribution in [0, 0.1) is 11.8 Å². The molecule has 19 heavy (non-hydrogen) atoms. The molecule has 2 unspecified atom stereocenters. The van der Waals surface area contributed by atoms with Gasteiger partial charge in [-0.1, -0.05) is 45.9 Å². The molecule has 2 heteroatoms. The third kappa shape index (κ3) is 3.97. The van der Waals surface area contributed by atoms with Gasteiger partial charge in [0.1, 0.15) is 11.9 Å². The lowest BCUT2D eigenvalue weighted by Gasteiger charge is -2.25. The molecule has 0 fully saturated rings. The van der Waals surface area contributed by atoms with Gasteiger partial charge >= 0.3 is 0 Å². The average molecular weight is 261 g/mol. The number of para-hydroxylation sites is 1. The molecular weight excluding hydrogens is 234 g/mol. The highest BCUT2D eigenvalue weighted by Gasteiger charge is 2.26. The zero-order chi connectivity index (χ0) is 13.8. The third-order valence-electron chi connectivity index (χ3n) is 4.01. The Labute approximate surface area is 117 Å². The predicted molar refractivity (Wildman–Crippen MR) is 80.6 cm³/mol. The molecule has 0 aromatic heterocycles. The van der Waals surface area contributed by atoms with Crippen molar-refractivity contribution in [3.05, 3.63) is 29.8 Å². The van der Waals surface area contributed by atoms with Gasteiger partial charge in [0.15, 0.2) is 0 Å². The number of fused-ring (bicyclic) bond motifs is 1. The molecule has 1 aromatic rings. The molecule has 0 spiro atoms. The lowest BCUT2D eigenvalue weighted by atomic mass is 9.88. The van der Waals surface area contributed by atoms with Gasteiger partial charge < -0.3 is 10.1 Å². The zero-order valence-electron chi connectivity index (χ0n) is 12.6. The van der Waals surface area contributed by atoms with E-state index >= 15 is 0 Å². The first kappa shape index (κ1) is 14.4. The van der Waals surface area contributed by atoms with Crippen LogP contribution in [0.4, 0.5) is 0 Å². The maximum Gasteiger partial charge on any atom is 0.123 e. The summed E-state index contributed by atoms with van der Waals surface area (Å²) in [4.78, 5) is 0. The topological polar surface area (TPSA) is 21.3 Å². The van der Waals surface area contributed by atoms with E-state index in [1.54, 1.807) is 0 Å². The van der Waals surface area contributed by atoms with Crippen molar-refractivity contribution >= 4 is 0 Å². The molecule has 1 aliphatic heterocycles. The van der Waals surface area contributed by atoms with E-state index in [-0.39, 0.29) is 0 Å². The highest BCUT2D eigenvalue weighted by Crippen LogP contribution is 2.32. The lowest BCUT2D eigenvalue weighted by molar-refractivity contribution is 0.171. The van der Waals surface area contributed by atoms with Crippen molar-refractivity contribution in [2.75, 3.05) is 6.54 Å². The molecule has 1 aliphatic rings. The first-order valence-corrected chi connectivity index (χ1v) is 7.54. The molecule has 0 aliphatic carbocycles. The predicted octanol–water partition coefficient (Wildman–Crippen LogP) is 3.65. The number of hydrogen-bond acceptors (Lipinski definition) is 2. The van der Waals surface area contributed by atoms with Gasteiger partial charge in [0.25, 0.3) is 0 Å². The van der Waals surface area contributed by atoms with Gasteiger partial charge in [0, 0.05) is 12.5 Å². The van der Waals surface area contributed by atoms with E-state index in [1.807, 2.05) is 0 Å². The van der Waals surface area contributed by atoms with E-state index in [2.05, 4.69) is 57.3 Å². The van der Waals surface area contributed by atoms with Crippen LogP contribution in [-0.4, -0.2) is 18.7 Å². The molecule has 0 saturated carbocycles. The van der Waals surface area contributed by atoms with Gasteiger partial charge in [-0.15, -0.1) is 0 Å².